The van der Waals surface area contributed by atoms with Crippen LogP contribution in [-0.2, 0) is 6.42 Å². The number of anilines is 1. The molecular weight excluding hydrogens is 274 g/mol. The lowest BCUT2D eigenvalue weighted by Gasteiger charge is -2.18. The fraction of sp³-hybridized carbons (Fsp3) is 0.222. The van der Waals surface area contributed by atoms with Crippen molar-refractivity contribution in [1.82, 2.24) is 10.1 Å². The summed E-state index contributed by atoms with van der Waals surface area (Å²) in [4.78, 5) is 6.68. The van der Waals surface area contributed by atoms with E-state index >= 15 is 0 Å². The van der Waals surface area contributed by atoms with E-state index in [1.54, 1.807) is 0 Å². The zero-order valence-electron chi connectivity index (χ0n) is 12.6. The van der Waals surface area contributed by atoms with E-state index in [4.69, 9.17) is 4.52 Å². The van der Waals surface area contributed by atoms with Gasteiger partial charge >= 0.3 is 0 Å². The van der Waals surface area contributed by atoms with E-state index in [2.05, 4.69) is 46.4 Å². The van der Waals surface area contributed by atoms with Crippen LogP contribution in [0.5, 0.6) is 0 Å². The second-order valence-electron chi connectivity index (χ2n) is 5.24. The first-order valence-electron chi connectivity index (χ1n) is 7.47. The average Bonchev–Trinajstić information content (AvgIpc) is 3.05. The molecule has 0 aliphatic rings. The highest BCUT2D eigenvalue weighted by Gasteiger charge is 2.08. The maximum Gasteiger partial charge on any atom is 0.227 e. The molecule has 3 rings (SSSR count). The molecule has 0 spiro atoms. The van der Waals surface area contributed by atoms with E-state index < -0.39 is 0 Å². The summed E-state index contributed by atoms with van der Waals surface area (Å²) in [6.07, 6.45) is 1.76. The van der Waals surface area contributed by atoms with Crippen molar-refractivity contribution in [2.24, 2.45) is 0 Å². The Morgan fingerprint density at radius 1 is 0.955 bits per heavy atom. The summed E-state index contributed by atoms with van der Waals surface area (Å²) >= 11 is 0. The lowest BCUT2D eigenvalue weighted by atomic mass is 10.2. The highest BCUT2D eigenvalue weighted by molar-refractivity contribution is 5.53. The Morgan fingerprint density at radius 3 is 2.36 bits per heavy atom. The van der Waals surface area contributed by atoms with Gasteiger partial charge in [-0.05, 0) is 18.6 Å². The molecule has 0 fully saturated rings. The predicted molar refractivity (Wildman–Crippen MR) is 87.8 cm³/mol. The number of aryl methyl sites for hydroxylation is 1. The maximum absolute atomic E-state index is 5.33. The fourth-order valence-corrected chi connectivity index (χ4v) is 2.34. The molecule has 0 saturated carbocycles. The molecule has 3 aromatic rings. The first-order valence-corrected chi connectivity index (χ1v) is 7.47. The van der Waals surface area contributed by atoms with Crippen molar-refractivity contribution >= 4 is 5.69 Å². The van der Waals surface area contributed by atoms with Crippen LogP contribution in [0.15, 0.2) is 65.2 Å². The number of hydrogen-bond acceptors (Lipinski definition) is 4. The molecule has 0 bridgehead atoms. The van der Waals surface area contributed by atoms with Crippen LogP contribution < -0.4 is 4.90 Å². The monoisotopic (exact) mass is 293 g/mol. The zero-order chi connectivity index (χ0) is 15.2. The molecule has 2 aromatic carbocycles. The molecule has 0 unspecified atom stereocenters. The first kappa shape index (κ1) is 14.3. The Morgan fingerprint density at radius 2 is 1.64 bits per heavy atom. The van der Waals surface area contributed by atoms with Gasteiger partial charge < -0.3 is 9.42 Å². The number of aromatic nitrogens is 2. The average molecular weight is 293 g/mol. The molecule has 0 N–H and O–H groups in total. The van der Waals surface area contributed by atoms with E-state index in [0.717, 1.165) is 24.9 Å². The van der Waals surface area contributed by atoms with E-state index in [1.165, 1.54) is 5.69 Å². The molecule has 112 valence electrons. The first-order chi connectivity index (χ1) is 10.8. The zero-order valence-corrected chi connectivity index (χ0v) is 12.6. The van der Waals surface area contributed by atoms with E-state index in [0.29, 0.717) is 11.7 Å². The number of para-hydroxylation sites is 1. The summed E-state index contributed by atoms with van der Waals surface area (Å²) in [6.45, 7) is 0.951. The van der Waals surface area contributed by atoms with Crippen LogP contribution in [0, 0.1) is 0 Å². The third-order valence-corrected chi connectivity index (χ3v) is 3.58. The third kappa shape index (κ3) is 3.52. The Kier molecular flexibility index (Phi) is 4.49. The highest BCUT2D eigenvalue weighted by Crippen LogP contribution is 2.16. The largest absolute Gasteiger partial charge is 0.375 e. The smallest absolute Gasteiger partial charge is 0.227 e. The molecule has 1 heterocycles. The minimum Gasteiger partial charge on any atom is -0.375 e. The number of nitrogens with zero attached hydrogens (tertiary/aromatic N) is 3. The van der Waals surface area contributed by atoms with Gasteiger partial charge in [0, 0.05) is 31.3 Å². The summed E-state index contributed by atoms with van der Waals surface area (Å²) in [5.74, 6) is 1.35. The summed E-state index contributed by atoms with van der Waals surface area (Å²) < 4.78 is 5.33. The number of rotatable bonds is 6. The summed E-state index contributed by atoms with van der Waals surface area (Å²) in [5.41, 5.74) is 2.21. The van der Waals surface area contributed by atoms with Crippen molar-refractivity contribution < 1.29 is 4.52 Å². The number of hydrogen-bond donors (Lipinski definition) is 0. The van der Waals surface area contributed by atoms with Crippen molar-refractivity contribution in [3.05, 3.63) is 66.6 Å². The van der Waals surface area contributed by atoms with Gasteiger partial charge in [0.25, 0.3) is 0 Å². The van der Waals surface area contributed by atoms with Gasteiger partial charge in [-0.1, -0.05) is 53.7 Å². The van der Waals surface area contributed by atoms with E-state index in [9.17, 15) is 0 Å². The van der Waals surface area contributed by atoms with Gasteiger partial charge in [0.15, 0.2) is 0 Å². The van der Waals surface area contributed by atoms with Gasteiger partial charge in [-0.15, -0.1) is 0 Å². The van der Waals surface area contributed by atoms with Crippen LogP contribution in [0.2, 0.25) is 0 Å². The van der Waals surface area contributed by atoms with Crippen LogP contribution in [0.1, 0.15) is 12.3 Å². The normalized spacial score (nSPS) is 10.6. The summed E-state index contributed by atoms with van der Waals surface area (Å²) in [7, 11) is 2.10. The van der Waals surface area contributed by atoms with Gasteiger partial charge in [-0.25, -0.2) is 0 Å². The van der Waals surface area contributed by atoms with Gasteiger partial charge in [0.2, 0.25) is 11.7 Å². The van der Waals surface area contributed by atoms with Crippen LogP contribution in [0.3, 0.4) is 0 Å². The lowest BCUT2D eigenvalue weighted by Crippen LogP contribution is -2.18. The molecular formula is C18H19N3O. The third-order valence-electron chi connectivity index (χ3n) is 3.58. The van der Waals surface area contributed by atoms with Crippen LogP contribution in [0.4, 0.5) is 5.69 Å². The molecule has 0 atom stereocenters. The van der Waals surface area contributed by atoms with Crippen LogP contribution >= 0.6 is 0 Å². The molecule has 0 amide bonds. The van der Waals surface area contributed by atoms with Gasteiger partial charge in [-0.2, -0.15) is 4.98 Å². The van der Waals surface area contributed by atoms with Gasteiger partial charge in [0.1, 0.15) is 0 Å². The van der Waals surface area contributed by atoms with Crippen molar-refractivity contribution in [2.75, 3.05) is 18.5 Å². The van der Waals surface area contributed by atoms with Crippen molar-refractivity contribution in [3.8, 4) is 11.4 Å². The second kappa shape index (κ2) is 6.89. The maximum atomic E-state index is 5.33. The molecule has 1 aromatic heterocycles. The predicted octanol–water partition coefficient (Wildman–Crippen LogP) is 3.81. The minimum absolute atomic E-state index is 0.659. The van der Waals surface area contributed by atoms with E-state index in [1.807, 2.05) is 36.4 Å². The Labute approximate surface area is 130 Å². The van der Waals surface area contributed by atoms with Gasteiger partial charge in [0.05, 0.1) is 0 Å². The molecule has 0 aliphatic heterocycles. The topological polar surface area (TPSA) is 42.2 Å². The van der Waals surface area contributed by atoms with Crippen molar-refractivity contribution in [2.45, 2.75) is 12.8 Å². The summed E-state index contributed by atoms with van der Waals surface area (Å²) in [5, 5.41) is 4.04. The highest BCUT2D eigenvalue weighted by atomic mass is 16.5. The van der Waals surface area contributed by atoms with Crippen LogP contribution in [0.25, 0.3) is 11.4 Å². The SMILES string of the molecule is CN(CCCc1nc(-c2ccccc2)no1)c1ccccc1. The fourth-order valence-electron chi connectivity index (χ4n) is 2.34. The Bertz CT molecular complexity index is 695. The molecule has 0 saturated heterocycles. The molecule has 0 aliphatic carbocycles. The standard InChI is InChI=1S/C18H19N3O/c1-21(16-11-6-3-7-12-16)14-8-13-17-19-18(20-22-17)15-9-4-2-5-10-15/h2-7,9-12H,8,13-14H2,1H3. The minimum atomic E-state index is 0.659. The molecule has 4 heteroatoms. The number of benzene rings is 2. The molecule has 4 nitrogen and oxygen atoms in total. The van der Waals surface area contributed by atoms with Crippen LogP contribution in [-0.4, -0.2) is 23.7 Å². The van der Waals surface area contributed by atoms with Gasteiger partial charge in [-0.3, -0.25) is 0 Å². The van der Waals surface area contributed by atoms with E-state index in [-0.39, 0.29) is 0 Å². The lowest BCUT2D eigenvalue weighted by molar-refractivity contribution is 0.376. The van der Waals surface area contributed by atoms with Crippen molar-refractivity contribution in [3.63, 3.8) is 0 Å². The Hall–Kier alpha value is -2.62. The second-order valence-corrected chi connectivity index (χ2v) is 5.24. The van der Waals surface area contributed by atoms with Crippen molar-refractivity contribution in [1.29, 1.82) is 0 Å². The quantitative estimate of drug-likeness (QED) is 0.693. The molecule has 0 radical (unpaired) electrons. The summed E-state index contributed by atoms with van der Waals surface area (Å²) in [6, 6.07) is 20.2. The molecule has 22 heavy (non-hydrogen) atoms. The Balaban J connectivity index is 1.53.